The van der Waals surface area contributed by atoms with Crippen molar-refractivity contribution in [2.75, 3.05) is 19.5 Å². The molecular weight excluding hydrogens is 432 g/mol. The molecule has 2 amide bonds. The summed E-state index contributed by atoms with van der Waals surface area (Å²) in [6.07, 6.45) is 3.14. The number of furan rings is 1. The molecule has 4 rings (SSSR count). The Labute approximate surface area is 196 Å². The van der Waals surface area contributed by atoms with Crippen molar-refractivity contribution in [2.45, 2.75) is 6.92 Å². The Kier molecular flexibility index (Phi) is 6.36. The maximum absolute atomic E-state index is 12.7. The SMILES string of the molecule is COc1cccc(-c2coc3cc(OC)c(/C(C)=C/C(=O)Nc4ccccc4C(N)=O)cc23)c1. The van der Waals surface area contributed by atoms with E-state index < -0.39 is 11.8 Å². The molecule has 0 saturated heterocycles. The average Bonchev–Trinajstić information content (AvgIpc) is 3.26. The number of allylic oxidation sites excluding steroid dienone is 1. The van der Waals surface area contributed by atoms with Gasteiger partial charge in [-0.25, -0.2) is 0 Å². The van der Waals surface area contributed by atoms with Gasteiger partial charge < -0.3 is 24.9 Å². The van der Waals surface area contributed by atoms with E-state index in [0.717, 1.165) is 27.8 Å². The van der Waals surface area contributed by atoms with Gasteiger partial charge in [-0.2, -0.15) is 0 Å². The van der Waals surface area contributed by atoms with Crippen molar-refractivity contribution in [3.8, 4) is 22.6 Å². The number of methoxy groups -OCH3 is 2. The molecule has 7 heteroatoms. The van der Waals surface area contributed by atoms with Crippen LogP contribution in [0.5, 0.6) is 11.5 Å². The minimum atomic E-state index is -0.617. The van der Waals surface area contributed by atoms with Crippen LogP contribution in [0.25, 0.3) is 27.7 Å². The fourth-order valence-electron chi connectivity index (χ4n) is 3.80. The van der Waals surface area contributed by atoms with Crippen LogP contribution in [0, 0.1) is 0 Å². The molecule has 1 heterocycles. The lowest BCUT2D eigenvalue weighted by molar-refractivity contribution is -0.111. The summed E-state index contributed by atoms with van der Waals surface area (Å²) in [5, 5.41) is 3.59. The molecule has 0 atom stereocenters. The van der Waals surface area contributed by atoms with Crippen LogP contribution >= 0.6 is 0 Å². The Balaban J connectivity index is 1.72. The summed E-state index contributed by atoms with van der Waals surface area (Å²) in [5.41, 5.74) is 9.89. The molecule has 172 valence electrons. The smallest absolute Gasteiger partial charge is 0.250 e. The number of hydrogen-bond donors (Lipinski definition) is 2. The highest BCUT2D eigenvalue weighted by molar-refractivity contribution is 6.09. The fraction of sp³-hybridized carbons (Fsp3) is 0.111. The molecule has 4 aromatic rings. The maximum atomic E-state index is 12.7. The number of nitrogens with one attached hydrogen (secondary N) is 1. The number of carbonyl (C=O) groups excluding carboxylic acids is 2. The zero-order chi connectivity index (χ0) is 24.2. The van der Waals surface area contributed by atoms with Gasteiger partial charge in [0.25, 0.3) is 5.91 Å². The first-order chi connectivity index (χ1) is 16.4. The Hall–Kier alpha value is -4.52. The van der Waals surface area contributed by atoms with Crippen molar-refractivity contribution in [1.82, 2.24) is 0 Å². The molecule has 34 heavy (non-hydrogen) atoms. The minimum absolute atomic E-state index is 0.238. The molecule has 0 bridgehead atoms. The van der Waals surface area contributed by atoms with Gasteiger partial charge in [0.2, 0.25) is 5.91 Å². The van der Waals surface area contributed by atoms with Gasteiger partial charge in [0.05, 0.1) is 31.7 Å². The highest BCUT2D eigenvalue weighted by Gasteiger charge is 2.16. The number of benzene rings is 3. The number of nitrogens with two attached hydrogens (primary N) is 1. The third-order valence-corrected chi connectivity index (χ3v) is 5.50. The lowest BCUT2D eigenvalue weighted by atomic mass is 9.99. The quantitative estimate of drug-likeness (QED) is 0.369. The minimum Gasteiger partial charge on any atom is -0.497 e. The van der Waals surface area contributed by atoms with Gasteiger partial charge >= 0.3 is 0 Å². The lowest BCUT2D eigenvalue weighted by Gasteiger charge is -2.11. The monoisotopic (exact) mass is 456 g/mol. The average molecular weight is 456 g/mol. The zero-order valence-electron chi connectivity index (χ0n) is 19.0. The van der Waals surface area contributed by atoms with Crippen LogP contribution < -0.4 is 20.5 Å². The molecule has 0 aliphatic heterocycles. The molecule has 0 saturated carbocycles. The number of ether oxygens (including phenoxy) is 2. The van der Waals surface area contributed by atoms with Crippen LogP contribution in [0.15, 0.2) is 77.4 Å². The van der Waals surface area contributed by atoms with Gasteiger partial charge in [0.15, 0.2) is 0 Å². The summed E-state index contributed by atoms with van der Waals surface area (Å²) in [5.74, 6) is 0.296. The molecule has 3 aromatic carbocycles. The fourth-order valence-corrected chi connectivity index (χ4v) is 3.80. The molecular formula is C27H24N2O5. The number of amides is 2. The van der Waals surface area contributed by atoms with Gasteiger partial charge in [0, 0.05) is 28.7 Å². The second-order valence-electron chi connectivity index (χ2n) is 7.66. The summed E-state index contributed by atoms with van der Waals surface area (Å²) < 4.78 is 16.7. The Morgan fingerprint density at radius 3 is 2.50 bits per heavy atom. The van der Waals surface area contributed by atoms with Crippen molar-refractivity contribution in [3.63, 3.8) is 0 Å². The second kappa shape index (κ2) is 9.54. The molecule has 7 nitrogen and oxygen atoms in total. The van der Waals surface area contributed by atoms with Crippen molar-refractivity contribution >= 4 is 34.0 Å². The van der Waals surface area contributed by atoms with E-state index >= 15 is 0 Å². The second-order valence-corrected chi connectivity index (χ2v) is 7.66. The van der Waals surface area contributed by atoms with Crippen molar-refractivity contribution in [1.29, 1.82) is 0 Å². The van der Waals surface area contributed by atoms with Gasteiger partial charge in [0.1, 0.15) is 17.1 Å². The predicted octanol–water partition coefficient (Wildman–Crippen LogP) is 5.26. The summed E-state index contributed by atoms with van der Waals surface area (Å²) in [6, 6.07) is 18.0. The molecule has 0 fully saturated rings. The van der Waals surface area contributed by atoms with Crippen LogP contribution in [-0.2, 0) is 4.79 Å². The largest absolute Gasteiger partial charge is 0.497 e. The normalized spacial score (nSPS) is 11.3. The standard InChI is InChI=1S/C27H24N2O5/c1-16(11-26(30)29-23-10-5-4-9-19(23)27(28)31)20-13-21-22(15-34-25(21)14-24(20)33-3)17-7-6-8-18(12-17)32-2/h4-15H,1-3H3,(H2,28,31)(H,29,30)/b16-11+. The summed E-state index contributed by atoms with van der Waals surface area (Å²) in [4.78, 5) is 24.4. The first-order valence-corrected chi connectivity index (χ1v) is 10.5. The van der Waals surface area contributed by atoms with Gasteiger partial charge in [-0.15, -0.1) is 0 Å². The number of rotatable bonds is 7. The summed E-state index contributed by atoms with van der Waals surface area (Å²) >= 11 is 0. The van der Waals surface area contributed by atoms with Crippen molar-refractivity contribution in [3.05, 3.63) is 84.1 Å². The number of fused-ring (bicyclic) bond motifs is 1. The molecule has 0 spiro atoms. The number of primary amides is 1. The van der Waals surface area contributed by atoms with Crippen LogP contribution in [0.1, 0.15) is 22.8 Å². The highest BCUT2D eigenvalue weighted by atomic mass is 16.5. The van der Waals surface area contributed by atoms with Crippen LogP contribution in [-0.4, -0.2) is 26.0 Å². The third-order valence-electron chi connectivity index (χ3n) is 5.50. The van der Waals surface area contributed by atoms with E-state index in [4.69, 9.17) is 19.6 Å². The maximum Gasteiger partial charge on any atom is 0.250 e. The zero-order valence-corrected chi connectivity index (χ0v) is 19.0. The van der Waals surface area contributed by atoms with E-state index in [1.54, 1.807) is 50.8 Å². The van der Waals surface area contributed by atoms with E-state index in [0.29, 0.717) is 22.6 Å². The Bertz CT molecular complexity index is 1420. The van der Waals surface area contributed by atoms with Crippen LogP contribution in [0.4, 0.5) is 5.69 Å². The van der Waals surface area contributed by atoms with Gasteiger partial charge in [-0.05, 0) is 48.4 Å². The first kappa shape index (κ1) is 22.7. The topological polar surface area (TPSA) is 104 Å². The van der Waals surface area contributed by atoms with Crippen molar-refractivity contribution < 1.29 is 23.5 Å². The van der Waals surface area contributed by atoms with Crippen LogP contribution in [0.2, 0.25) is 0 Å². The highest BCUT2D eigenvalue weighted by Crippen LogP contribution is 2.38. The molecule has 3 N–H and O–H groups in total. The number of hydrogen-bond acceptors (Lipinski definition) is 5. The molecule has 0 aliphatic rings. The van der Waals surface area contributed by atoms with E-state index in [1.165, 1.54) is 6.08 Å². The molecule has 1 aromatic heterocycles. The molecule has 0 radical (unpaired) electrons. The number of para-hydroxylation sites is 1. The van der Waals surface area contributed by atoms with E-state index in [9.17, 15) is 9.59 Å². The number of carbonyl (C=O) groups is 2. The Morgan fingerprint density at radius 1 is 0.971 bits per heavy atom. The Morgan fingerprint density at radius 2 is 1.76 bits per heavy atom. The first-order valence-electron chi connectivity index (χ1n) is 10.5. The molecule has 0 aliphatic carbocycles. The van der Waals surface area contributed by atoms with E-state index in [2.05, 4.69) is 5.32 Å². The van der Waals surface area contributed by atoms with Crippen LogP contribution in [0.3, 0.4) is 0 Å². The van der Waals surface area contributed by atoms with Gasteiger partial charge in [-0.1, -0.05) is 24.3 Å². The summed E-state index contributed by atoms with van der Waals surface area (Å²) in [7, 11) is 3.18. The van der Waals surface area contributed by atoms with E-state index in [-0.39, 0.29) is 5.56 Å². The lowest BCUT2D eigenvalue weighted by Crippen LogP contribution is -2.17. The van der Waals surface area contributed by atoms with Gasteiger partial charge in [-0.3, -0.25) is 9.59 Å². The summed E-state index contributed by atoms with van der Waals surface area (Å²) in [6.45, 7) is 1.81. The molecule has 0 unspecified atom stereocenters. The van der Waals surface area contributed by atoms with Crippen molar-refractivity contribution in [2.24, 2.45) is 5.73 Å². The number of anilines is 1. The third kappa shape index (κ3) is 4.49. The predicted molar refractivity (Wildman–Crippen MR) is 132 cm³/mol. The van der Waals surface area contributed by atoms with E-state index in [1.807, 2.05) is 37.3 Å².